The molecule has 0 radical (unpaired) electrons. The van der Waals surface area contributed by atoms with Gasteiger partial charge in [-0.1, -0.05) is 12.1 Å². The first-order chi connectivity index (χ1) is 10.0. The van der Waals surface area contributed by atoms with Gasteiger partial charge in [0.2, 0.25) is 0 Å². The van der Waals surface area contributed by atoms with Crippen LogP contribution in [-0.2, 0) is 11.3 Å². The first-order valence-corrected chi connectivity index (χ1v) is 6.98. The number of rotatable bonds is 3. The number of H-pyrrole nitrogens is 1. The molecule has 1 aliphatic heterocycles. The molecule has 110 valence electrons. The summed E-state index contributed by atoms with van der Waals surface area (Å²) in [5.74, 6) is -0.486. The van der Waals surface area contributed by atoms with E-state index >= 15 is 0 Å². The van der Waals surface area contributed by atoms with E-state index < -0.39 is 5.97 Å². The molecule has 2 N–H and O–H groups in total. The number of para-hydroxylation sites is 1. The van der Waals surface area contributed by atoms with Gasteiger partial charge in [-0.2, -0.15) is 0 Å². The van der Waals surface area contributed by atoms with Crippen molar-refractivity contribution in [2.45, 2.75) is 19.9 Å². The molecule has 1 unspecified atom stereocenters. The van der Waals surface area contributed by atoms with Crippen molar-refractivity contribution in [3.63, 3.8) is 0 Å². The van der Waals surface area contributed by atoms with E-state index in [9.17, 15) is 9.59 Å². The van der Waals surface area contributed by atoms with Crippen molar-refractivity contribution in [1.29, 1.82) is 0 Å². The summed E-state index contributed by atoms with van der Waals surface area (Å²) in [5, 5.41) is 9.61. The molecule has 0 aliphatic carbocycles. The Balaban J connectivity index is 1.87. The number of aliphatic carboxylic acids is 1. The van der Waals surface area contributed by atoms with E-state index in [4.69, 9.17) is 5.11 Å². The summed E-state index contributed by atoms with van der Waals surface area (Å²) >= 11 is 0. The van der Waals surface area contributed by atoms with E-state index in [1.165, 1.54) is 0 Å². The highest BCUT2D eigenvalue weighted by molar-refractivity contribution is 5.80. The van der Waals surface area contributed by atoms with E-state index in [0.29, 0.717) is 42.8 Å². The molecule has 1 fully saturated rings. The van der Waals surface area contributed by atoms with Gasteiger partial charge in [0.15, 0.2) is 0 Å². The van der Waals surface area contributed by atoms with E-state index in [1.807, 2.05) is 24.0 Å². The van der Waals surface area contributed by atoms with Crippen molar-refractivity contribution < 1.29 is 9.90 Å². The minimum absolute atomic E-state index is 0.146. The van der Waals surface area contributed by atoms with Crippen molar-refractivity contribution in [3.05, 3.63) is 39.9 Å². The highest BCUT2D eigenvalue weighted by Gasteiger charge is 2.28. The fraction of sp³-hybridized carbons (Fsp3) is 0.400. The topological polar surface area (TPSA) is 86.3 Å². The van der Waals surface area contributed by atoms with Crippen molar-refractivity contribution in [2.75, 3.05) is 13.1 Å². The van der Waals surface area contributed by atoms with Gasteiger partial charge in [-0.15, -0.1) is 0 Å². The largest absolute Gasteiger partial charge is 0.481 e. The smallest absolute Gasteiger partial charge is 0.307 e. The van der Waals surface area contributed by atoms with Crippen LogP contribution in [0.25, 0.3) is 10.9 Å². The van der Waals surface area contributed by atoms with Gasteiger partial charge in [-0.05, 0) is 31.5 Å². The number of aromatic amines is 1. The second-order valence-corrected chi connectivity index (χ2v) is 5.54. The predicted molar refractivity (Wildman–Crippen MR) is 78.1 cm³/mol. The maximum absolute atomic E-state index is 12.1. The van der Waals surface area contributed by atoms with E-state index in [2.05, 4.69) is 9.97 Å². The number of aromatic nitrogens is 2. The number of carboxylic acids is 1. The zero-order valence-corrected chi connectivity index (χ0v) is 11.8. The van der Waals surface area contributed by atoms with Gasteiger partial charge >= 0.3 is 5.97 Å². The van der Waals surface area contributed by atoms with Crippen LogP contribution in [0.2, 0.25) is 0 Å². The van der Waals surface area contributed by atoms with Crippen molar-refractivity contribution in [2.24, 2.45) is 5.92 Å². The van der Waals surface area contributed by atoms with Crippen LogP contribution in [0.1, 0.15) is 17.8 Å². The molecule has 0 saturated carbocycles. The number of carboxylic acid groups (broad SMARTS) is 1. The maximum atomic E-state index is 12.1. The summed E-state index contributed by atoms with van der Waals surface area (Å²) in [7, 11) is 0. The van der Waals surface area contributed by atoms with Crippen LogP contribution in [0.4, 0.5) is 0 Å². The molecule has 21 heavy (non-hydrogen) atoms. The average molecular weight is 287 g/mol. The van der Waals surface area contributed by atoms with Gasteiger partial charge in [-0.25, -0.2) is 4.98 Å². The van der Waals surface area contributed by atoms with Crippen LogP contribution in [0.15, 0.2) is 23.0 Å². The van der Waals surface area contributed by atoms with Gasteiger partial charge in [0.1, 0.15) is 5.82 Å². The van der Waals surface area contributed by atoms with E-state index in [0.717, 1.165) is 5.56 Å². The molecular weight excluding hydrogens is 270 g/mol. The van der Waals surface area contributed by atoms with Crippen LogP contribution < -0.4 is 5.56 Å². The number of aryl methyl sites for hydroxylation is 1. The van der Waals surface area contributed by atoms with Crippen LogP contribution in [0.5, 0.6) is 0 Å². The Kier molecular flexibility index (Phi) is 3.47. The van der Waals surface area contributed by atoms with Gasteiger partial charge in [0.05, 0.1) is 23.4 Å². The summed E-state index contributed by atoms with van der Waals surface area (Å²) in [6, 6.07) is 5.52. The fourth-order valence-corrected chi connectivity index (χ4v) is 2.82. The molecule has 0 spiro atoms. The Hall–Kier alpha value is -2.21. The molecule has 2 heterocycles. The number of carbonyl (C=O) groups is 1. The third-order valence-electron chi connectivity index (χ3n) is 3.98. The lowest BCUT2D eigenvalue weighted by Crippen LogP contribution is -2.25. The van der Waals surface area contributed by atoms with Crippen LogP contribution in [0, 0.1) is 12.8 Å². The molecule has 6 heteroatoms. The molecule has 0 amide bonds. The molecule has 2 aromatic rings. The van der Waals surface area contributed by atoms with Gasteiger partial charge in [0, 0.05) is 6.54 Å². The van der Waals surface area contributed by atoms with Crippen molar-refractivity contribution in [3.8, 4) is 0 Å². The summed E-state index contributed by atoms with van der Waals surface area (Å²) < 4.78 is 0. The Morgan fingerprint density at radius 1 is 1.52 bits per heavy atom. The second kappa shape index (κ2) is 5.29. The monoisotopic (exact) mass is 287 g/mol. The standard InChI is InChI=1S/C15H17N3O3/c1-9-3-2-4-11-13(9)16-12(17-14(11)19)8-18-6-5-10(7-18)15(20)21/h2-4,10H,5-8H2,1H3,(H,20,21)(H,16,17,19). The number of hydrogen-bond donors (Lipinski definition) is 2. The normalized spacial score (nSPS) is 19.2. The number of fused-ring (bicyclic) bond motifs is 1. The SMILES string of the molecule is Cc1cccc2c(=O)[nH]c(CN3CCC(C(=O)O)C3)nc12. The minimum atomic E-state index is -0.756. The van der Waals surface area contributed by atoms with E-state index in [-0.39, 0.29) is 11.5 Å². The molecule has 1 atom stereocenters. The Labute approximate surface area is 121 Å². The van der Waals surface area contributed by atoms with Crippen LogP contribution in [0.3, 0.4) is 0 Å². The number of benzene rings is 1. The number of likely N-dealkylation sites (tertiary alicyclic amines) is 1. The maximum Gasteiger partial charge on any atom is 0.307 e. The lowest BCUT2D eigenvalue weighted by molar-refractivity contribution is -0.141. The third kappa shape index (κ3) is 2.67. The molecule has 0 bridgehead atoms. The van der Waals surface area contributed by atoms with Crippen LogP contribution in [-0.4, -0.2) is 39.0 Å². The molecule has 1 saturated heterocycles. The molecule has 1 aromatic carbocycles. The zero-order chi connectivity index (χ0) is 15.0. The highest BCUT2D eigenvalue weighted by Crippen LogP contribution is 2.18. The molecule has 1 aliphatic rings. The molecule has 1 aromatic heterocycles. The number of nitrogens with zero attached hydrogens (tertiary/aromatic N) is 2. The van der Waals surface area contributed by atoms with Crippen LogP contribution >= 0.6 is 0 Å². The Morgan fingerprint density at radius 3 is 3.05 bits per heavy atom. The number of hydrogen-bond acceptors (Lipinski definition) is 4. The third-order valence-corrected chi connectivity index (χ3v) is 3.98. The van der Waals surface area contributed by atoms with Crippen molar-refractivity contribution in [1.82, 2.24) is 14.9 Å². The van der Waals surface area contributed by atoms with E-state index in [1.54, 1.807) is 6.07 Å². The quantitative estimate of drug-likeness (QED) is 0.884. The Bertz CT molecular complexity index is 753. The fourth-order valence-electron chi connectivity index (χ4n) is 2.82. The lowest BCUT2D eigenvalue weighted by atomic mass is 10.1. The minimum Gasteiger partial charge on any atom is -0.481 e. The van der Waals surface area contributed by atoms with Gasteiger partial charge in [0.25, 0.3) is 5.56 Å². The number of nitrogens with one attached hydrogen (secondary N) is 1. The summed E-state index contributed by atoms with van der Waals surface area (Å²) in [4.78, 5) is 32.4. The Morgan fingerprint density at radius 2 is 2.33 bits per heavy atom. The van der Waals surface area contributed by atoms with Crippen molar-refractivity contribution >= 4 is 16.9 Å². The second-order valence-electron chi connectivity index (χ2n) is 5.54. The molecular formula is C15H17N3O3. The lowest BCUT2D eigenvalue weighted by Gasteiger charge is -2.14. The summed E-state index contributed by atoms with van der Waals surface area (Å²) in [6.45, 7) is 3.62. The zero-order valence-electron chi connectivity index (χ0n) is 11.8. The van der Waals surface area contributed by atoms with Gasteiger partial charge in [-0.3, -0.25) is 14.5 Å². The summed E-state index contributed by atoms with van der Waals surface area (Å²) in [5.41, 5.74) is 1.53. The molecule has 3 rings (SSSR count). The first kappa shape index (κ1) is 13.8. The summed E-state index contributed by atoms with van der Waals surface area (Å²) in [6.07, 6.45) is 0.645. The first-order valence-electron chi connectivity index (χ1n) is 6.98. The highest BCUT2D eigenvalue weighted by atomic mass is 16.4. The predicted octanol–water partition coefficient (Wildman–Crippen LogP) is 1.14. The average Bonchev–Trinajstić information content (AvgIpc) is 2.89. The molecule has 6 nitrogen and oxygen atoms in total. The van der Waals surface area contributed by atoms with Gasteiger partial charge < -0.3 is 10.1 Å².